The van der Waals surface area contributed by atoms with Gasteiger partial charge in [-0.1, -0.05) is 53.7 Å². The third-order valence-electron chi connectivity index (χ3n) is 5.63. The number of thiophene rings is 1. The standard InChI is InChI=1S/C25H22N4OS3/c1-16-21(24-27-23(28-30-24)20-9-6-14-33-20)22(18-7-4-3-5-8-18)26-25(31)29(16)15-17-10-12-19(32-2)13-11-17/h3-14,22H,15H2,1-2H3,(H,26,31). The molecule has 33 heavy (non-hydrogen) atoms. The monoisotopic (exact) mass is 490 g/mol. The summed E-state index contributed by atoms with van der Waals surface area (Å²) in [4.78, 5) is 9.07. The van der Waals surface area contributed by atoms with Gasteiger partial charge in [-0.3, -0.25) is 0 Å². The van der Waals surface area contributed by atoms with Gasteiger partial charge in [0, 0.05) is 17.1 Å². The zero-order chi connectivity index (χ0) is 22.8. The molecule has 1 aliphatic heterocycles. The molecule has 0 saturated heterocycles. The largest absolute Gasteiger partial charge is 0.351 e. The smallest absolute Gasteiger partial charge is 0.258 e. The molecule has 4 aromatic rings. The molecule has 0 spiro atoms. The van der Waals surface area contributed by atoms with Crippen LogP contribution in [-0.2, 0) is 6.54 Å². The van der Waals surface area contributed by atoms with Crippen molar-refractivity contribution in [3.05, 3.63) is 94.8 Å². The van der Waals surface area contributed by atoms with Gasteiger partial charge in [-0.15, -0.1) is 23.1 Å². The van der Waals surface area contributed by atoms with Crippen molar-refractivity contribution in [2.24, 2.45) is 0 Å². The number of allylic oxidation sites excluding steroid dienone is 1. The van der Waals surface area contributed by atoms with Crippen LogP contribution in [0.15, 0.2) is 87.2 Å². The van der Waals surface area contributed by atoms with E-state index in [-0.39, 0.29) is 6.04 Å². The molecule has 5 nitrogen and oxygen atoms in total. The van der Waals surface area contributed by atoms with Gasteiger partial charge in [-0.2, -0.15) is 4.98 Å². The van der Waals surface area contributed by atoms with Crippen LogP contribution < -0.4 is 5.32 Å². The summed E-state index contributed by atoms with van der Waals surface area (Å²) in [7, 11) is 0. The number of hydrogen-bond donors (Lipinski definition) is 1. The van der Waals surface area contributed by atoms with E-state index in [0.29, 0.717) is 23.4 Å². The van der Waals surface area contributed by atoms with Crippen LogP contribution >= 0.6 is 35.3 Å². The first-order valence-electron chi connectivity index (χ1n) is 10.5. The highest BCUT2D eigenvalue weighted by atomic mass is 32.2. The molecule has 3 heterocycles. The Morgan fingerprint density at radius 1 is 1.09 bits per heavy atom. The Morgan fingerprint density at radius 3 is 2.58 bits per heavy atom. The molecule has 8 heteroatoms. The number of hydrogen-bond acceptors (Lipinski definition) is 6. The van der Waals surface area contributed by atoms with Crippen molar-refractivity contribution >= 4 is 46.0 Å². The minimum absolute atomic E-state index is 0.176. The molecule has 166 valence electrons. The molecular formula is C25H22N4OS3. The molecule has 2 aromatic heterocycles. The van der Waals surface area contributed by atoms with Gasteiger partial charge >= 0.3 is 0 Å². The third kappa shape index (κ3) is 4.46. The Balaban J connectivity index is 1.56. The number of thioether (sulfide) groups is 1. The lowest BCUT2D eigenvalue weighted by molar-refractivity contribution is 0.396. The van der Waals surface area contributed by atoms with E-state index in [1.165, 1.54) is 10.5 Å². The number of thiocarbonyl (C=S) groups is 1. The number of aromatic nitrogens is 2. The van der Waals surface area contributed by atoms with Gasteiger partial charge in [-0.05, 0) is 60.1 Å². The zero-order valence-corrected chi connectivity index (χ0v) is 20.6. The van der Waals surface area contributed by atoms with Gasteiger partial charge in [0.1, 0.15) is 0 Å². The second kappa shape index (κ2) is 9.51. The molecule has 0 saturated carbocycles. The Morgan fingerprint density at radius 2 is 1.88 bits per heavy atom. The number of nitrogens with one attached hydrogen (secondary N) is 1. The van der Waals surface area contributed by atoms with E-state index in [4.69, 9.17) is 21.7 Å². The molecule has 1 unspecified atom stereocenters. The van der Waals surface area contributed by atoms with Crippen molar-refractivity contribution in [1.82, 2.24) is 20.4 Å². The third-order valence-corrected chi connectivity index (χ3v) is 7.57. The summed E-state index contributed by atoms with van der Waals surface area (Å²) in [5, 5.41) is 10.5. The molecular weight excluding hydrogens is 469 g/mol. The second-order valence-corrected chi connectivity index (χ2v) is 9.84. The molecule has 1 aliphatic rings. The molecule has 1 atom stereocenters. The molecule has 0 bridgehead atoms. The lowest BCUT2D eigenvalue weighted by Crippen LogP contribution is -2.45. The molecule has 2 aromatic carbocycles. The van der Waals surface area contributed by atoms with Crippen molar-refractivity contribution in [2.75, 3.05) is 6.26 Å². The first-order chi connectivity index (χ1) is 16.1. The van der Waals surface area contributed by atoms with Crippen LogP contribution in [0.2, 0.25) is 0 Å². The molecule has 1 N–H and O–H groups in total. The first kappa shape index (κ1) is 21.9. The Bertz CT molecular complexity index is 1280. The van der Waals surface area contributed by atoms with Crippen molar-refractivity contribution in [3.63, 3.8) is 0 Å². The summed E-state index contributed by atoms with van der Waals surface area (Å²) in [6.45, 7) is 2.73. The van der Waals surface area contributed by atoms with Crippen LogP contribution in [0.4, 0.5) is 0 Å². The van der Waals surface area contributed by atoms with E-state index in [1.807, 2.05) is 35.7 Å². The maximum Gasteiger partial charge on any atom is 0.258 e. The molecule has 0 radical (unpaired) electrons. The Hall–Kier alpha value is -2.94. The highest BCUT2D eigenvalue weighted by molar-refractivity contribution is 7.98. The van der Waals surface area contributed by atoms with E-state index in [9.17, 15) is 0 Å². The topological polar surface area (TPSA) is 54.2 Å². The summed E-state index contributed by atoms with van der Waals surface area (Å²) in [5.41, 5.74) is 4.21. The first-order valence-corrected chi connectivity index (χ1v) is 13.0. The van der Waals surface area contributed by atoms with Crippen molar-refractivity contribution < 1.29 is 4.52 Å². The van der Waals surface area contributed by atoms with Gasteiger partial charge in [0.25, 0.3) is 5.89 Å². The molecule has 0 amide bonds. The number of rotatable bonds is 6. The van der Waals surface area contributed by atoms with E-state index >= 15 is 0 Å². The summed E-state index contributed by atoms with van der Waals surface area (Å²) in [6, 6.07) is 22.6. The van der Waals surface area contributed by atoms with Crippen LogP contribution in [0.3, 0.4) is 0 Å². The van der Waals surface area contributed by atoms with Crippen molar-refractivity contribution in [1.29, 1.82) is 0 Å². The highest BCUT2D eigenvalue weighted by Gasteiger charge is 2.34. The van der Waals surface area contributed by atoms with Gasteiger partial charge < -0.3 is 14.7 Å². The fourth-order valence-electron chi connectivity index (χ4n) is 3.90. The zero-order valence-electron chi connectivity index (χ0n) is 18.2. The lowest BCUT2D eigenvalue weighted by atomic mass is 9.94. The lowest BCUT2D eigenvalue weighted by Gasteiger charge is -2.37. The van der Waals surface area contributed by atoms with Crippen LogP contribution in [0, 0.1) is 0 Å². The fraction of sp³-hybridized carbons (Fsp3) is 0.160. The normalized spacial score (nSPS) is 16.2. The minimum atomic E-state index is -0.176. The molecule has 0 aliphatic carbocycles. The summed E-state index contributed by atoms with van der Waals surface area (Å²) in [5.74, 6) is 1.10. The maximum absolute atomic E-state index is 5.81. The fourth-order valence-corrected chi connectivity index (χ4v) is 5.27. The average molecular weight is 491 g/mol. The van der Waals surface area contributed by atoms with Gasteiger partial charge in [0.2, 0.25) is 5.82 Å². The van der Waals surface area contributed by atoms with E-state index in [1.54, 1.807) is 23.1 Å². The number of nitrogens with zero attached hydrogens (tertiary/aromatic N) is 3. The predicted octanol–water partition coefficient (Wildman–Crippen LogP) is 6.38. The molecule has 5 rings (SSSR count). The van der Waals surface area contributed by atoms with E-state index in [0.717, 1.165) is 21.7 Å². The van der Waals surface area contributed by atoms with E-state index in [2.05, 4.69) is 65.0 Å². The van der Waals surface area contributed by atoms with Crippen LogP contribution in [0.5, 0.6) is 0 Å². The van der Waals surface area contributed by atoms with Crippen LogP contribution in [0.1, 0.15) is 30.0 Å². The Labute approximate surface area is 206 Å². The second-order valence-electron chi connectivity index (χ2n) is 7.63. The Kier molecular flexibility index (Phi) is 6.30. The SMILES string of the molecule is CSc1ccc(CN2C(=S)NC(c3ccccc3)C(c3nc(-c4cccs4)no3)=C2C)cc1. The van der Waals surface area contributed by atoms with Gasteiger partial charge in [-0.25, -0.2) is 0 Å². The molecule has 0 fully saturated rings. The number of benzene rings is 2. The van der Waals surface area contributed by atoms with Gasteiger partial charge in [0.05, 0.1) is 16.5 Å². The summed E-state index contributed by atoms with van der Waals surface area (Å²) in [6.07, 6.45) is 2.08. The quantitative estimate of drug-likeness (QED) is 0.248. The maximum atomic E-state index is 5.81. The summed E-state index contributed by atoms with van der Waals surface area (Å²) >= 11 is 9.14. The minimum Gasteiger partial charge on any atom is -0.351 e. The predicted molar refractivity (Wildman–Crippen MR) is 139 cm³/mol. The van der Waals surface area contributed by atoms with Crippen molar-refractivity contribution in [2.45, 2.75) is 24.4 Å². The highest BCUT2D eigenvalue weighted by Crippen LogP contribution is 2.38. The van der Waals surface area contributed by atoms with Crippen LogP contribution in [0.25, 0.3) is 16.3 Å². The summed E-state index contributed by atoms with van der Waals surface area (Å²) < 4.78 is 5.79. The average Bonchev–Trinajstić information content (AvgIpc) is 3.55. The van der Waals surface area contributed by atoms with Gasteiger partial charge in [0.15, 0.2) is 5.11 Å². The van der Waals surface area contributed by atoms with Crippen molar-refractivity contribution in [3.8, 4) is 10.7 Å². The van der Waals surface area contributed by atoms with E-state index < -0.39 is 0 Å². The van der Waals surface area contributed by atoms with Crippen LogP contribution in [-0.4, -0.2) is 26.4 Å².